The minimum atomic E-state index is 0.115. The van der Waals surface area contributed by atoms with Gasteiger partial charge in [0.15, 0.2) is 0 Å². The first-order valence-corrected chi connectivity index (χ1v) is 8.26. The quantitative estimate of drug-likeness (QED) is 0.829. The van der Waals surface area contributed by atoms with Crippen LogP contribution in [0.1, 0.15) is 18.9 Å². The summed E-state index contributed by atoms with van der Waals surface area (Å²) in [6.07, 6.45) is 1.07. The average molecular weight is 340 g/mol. The predicted octanol–water partition coefficient (Wildman–Crippen LogP) is 3.17. The average Bonchev–Trinajstić information content (AvgIpc) is 2.91. The number of nitriles is 1. The van der Waals surface area contributed by atoms with E-state index in [1.54, 1.807) is 12.1 Å². The minimum Gasteiger partial charge on any atom is -0.379 e. The Morgan fingerprint density at radius 1 is 1.18 bits per heavy atom. The SMILES string of the molecule is CC1(N2CCOCC2)CCN(c2c(Cl)cc(C#N)cc2Cl)C1. The Balaban J connectivity index is 1.82. The molecular formula is C16H19Cl2N3O. The molecule has 4 nitrogen and oxygen atoms in total. The van der Waals surface area contributed by atoms with Crippen molar-refractivity contribution >= 4 is 28.9 Å². The summed E-state index contributed by atoms with van der Waals surface area (Å²) in [5, 5.41) is 10.1. The van der Waals surface area contributed by atoms with Gasteiger partial charge in [0.05, 0.1) is 40.6 Å². The van der Waals surface area contributed by atoms with Gasteiger partial charge < -0.3 is 9.64 Å². The van der Waals surface area contributed by atoms with Gasteiger partial charge in [0.1, 0.15) is 0 Å². The molecule has 0 amide bonds. The van der Waals surface area contributed by atoms with Crippen LogP contribution in [0.5, 0.6) is 0 Å². The molecule has 0 aromatic heterocycles. The van der Waals surface area contributed by atoms with Crippen LogP contribution in [-0.4, -0.2) is 49.8 Å². The van der Waals surface area contributed by atoms with Crippen LogP contribution in [-0.2, 0) is 4.74 Å². The van der Waals surface area contributed by atoms with E-state index in [2.05, 4.69) is 22.8 Å². The third-order valence-electron chi connectivity index (χ3n) is 4.69. The Bertz CT molecular complexity index is 587. The third-order valence-corrected chi connectivity index (χ3v) is 5.26. The van der Waals surface area contributed by atoms with E-state index < -0.39 is 0 Å². The van der Waals surface area contributed by atoms with Crippen molar-refractivity contribution in [3.63, 3.8) is 0 Å². The van der Waals surface area contributed by atoms with E-state index in [0.717, 1.165) is 51.5 Å². The largest absolute Gasteiger partial charge is 0.379 e. The number of hydrogen-bond donors (Lipinski definition) is 0. The molecule has 118 valence electrons. The maximum absolute atomic E-state index is 9.00. The number of halogens is 2. The number of benzene rings is 1. The summed E-state index contributed by atoms with van der Waals surface area (Å²) in [6, 6.07) is 5.46. The maximum Gasteiger partial charge on any atom is 0.0992 e. The summed E-state index contributed by atoms with van der Waals surface area (Å²) in [5.41, 5.74) is 1.46. The molecule has 1 unspecified atom stereocenters. The van der Waals surface area contributed by atoms with Crippen molar-refractivity contribution in [1.82, 2.24) is 4.90 Å². The van der Waals surface area contributed by atoms with Gasteiger partial charge in [-0.15, -0.1) is 0 Å². The van der Waals surface area contributed by atoms with E-state index in [9.17, 15) is 0 Å². The molecule has 2 aliphatic rings. The van der Waals surface area contributed by atoms with E-state index in [1.165, 1.54) is 0 Å². The molecule has 22 heavy (non-hydrogen) atoms. The van der Waals surface area contributed by atoms with Crippen LogP contribution in [0.25, 0.3) is 0 Å². The number of rotatable bonds is 2. The minimum absolute atomic E-state index is 0.115. The van der Waals surface area contributed by atoms with Crippen LogP contribution in [0.3, 0.4) is 0 Å². The maximum atomic E-state index is 9.00. The monoisotopic (exact) mass is 339 g/mol. The fraction of sp³-hybridized carbons (Fsp3) is 0.562. The predicted molar refractivity (Wildman–Crippen MR) is 88.8 cm³/mol. The summed E-state index contributed by atoms with van der Waals surface area (Å²) >= 11 is 12.7. The van der Waals surface area contributed by atoms with E-state index in [-0.39, 0.29) is 5.54 Å². The molecule has 1 atom stereocenters. The van der Waals surface area contributed by atoms with Crippen LogP contribution in [0.2, 0.25) is 10.0 Å². The van der Waals surface area contributed by atoms with Crippen LogP contribution in [0, 0.1) is 11.3 Å². The highest BCUT2D eigenvalue weighted by Crippen LogP contribution is 2.40. The second kappa shape index (κ2) is 6.25. The van der Waals surface area contributed by atoms with Gasteiger partial charge in [-0.3, -0.25) is 4.90 Å². The highest BCUT2D eigenvalue weighted by atomic mass is 35.5. The van der Waals surface area contributed by atoms with Gasteiger partial charge in [0, 0.05) is 31.7 Å². The third kappa shape index (κ3) is 2.91. The second-order valence-electron chi connectivity index (χ2n) is 6.17. The molecule has 1 aromatic rings. The zero-order valence-corrected chi connectivity index (χ0v) is 14.1. The Morgan fingerprint density at radius 2 is 1.82 bits per heavy atom. The van der Waals surface area contributed by atoms with Crippen LogP contribution < -0.4 is 4.90 Å². The number of nitrogens with zero attached hydrogens (tertiary/aromatic N) is 3. The summed E-state index contributed by atoms with van der Waals surface area (Å²) in [5.74, 6) is 0. The van der Waals surface area contributed by atoms with Crippen LogP contribution >= 0.6 is 23.2 Å². The molecule has 0 spiro atoms. The van der Waals surface area contributed by atoms with Crippen molar-refractivity contribution in [2.45, 2.75) is 18.9 Å². The molecule has 0 bridgehead atoms. The van der Waals surface area contributed by atoms with Gasteiger partial charge in [-0.25, -0.2) is 0 Å². The van der Waals surface area contributed by atoms with Gasteiger partial charge >= 0.3 is 0 Å². The van der Waals surface area contributed by atoms with Crippen molar-refractivity contribution < 1.29 is 4.74 Å². The van der Waals surface area contributed by atoms with Gasteiger partial charge in [-0.05, 0) is 25.5 Å². The normalized spacial score (nSPS) is 26.2. The molecule has 1 aromatic carbocycles. The fourth-order valence-corrected chi connectivity index (χ4v) is 4.16. The summed E-state index contributed by atoms with van der Waals surface area (Å²) < 4.78 is 5.45. The highest BCUT2D eigenvalue weighted by molar-refractivity contribution is 6.39. The number of anilines is 1. The lowest BCUT2D eigenvalue weighted by atomic mass is 9.98. The van der Waals surface area contributed by atoms with E-state index in [4.69, 9.17) is 33.2 Å². The van der Waals surface area contributed by atoms with Crippen molar-refractivity contribution in [1.29, 1.82) is 5.26 Å². The lowest BCUT2D eigenvalue weighted by molar-refractivity contribution is -0.00886. The van der Waals surface area contributed by atoms with Crippen LogP contribution in [0.4, 0.5) is 5.69 Å². The number of hydrogen-bond acceptors (Lipinski definition) is 4. The topological polar surface area (TPSA) is 39.5 Å². The molecule has 6 heteroatoms. The van der Waals surface area contributed by atoms with Crippen molar-refractivity contribution in [2.24, 2.45) is 0 Å². The summed E-state index contributed by atoms with van der Waals surface area (Å²) in [6.45, 7) is 7.64. The molecule has 2 aliphatic heterocycles. The lowest BCUT2D eigenvalue weighted by Crippen LogP contribution is -2.53. The molecule has 0 N–H and O–H groups in total. The van der Waals surface area contributed by atoms with Gasteiger partial charge in [-0.2, -0.15) is 5.26 Å². The Morgan fingerprint density at radius 3 is 2.41 bits per heavy atom. The van der Waals surface area contributed by atoms with Gasteiger partial charge in [0.25, 0.3) is 0 Å². The number of morpholine rings is 1. The molecule has 0 aliphatic carbocycles. The fourth-order valence-electron chi connectivity index (χ4n) is 3.43. The summed E-state index contributed by atoms with van der Waals surface area (Å²) in [7, 11) is 0. The zero-order chi connectivity index (χ0) is 15.7. The molecule has 2 fully saturated rings. The Kier molecular flexibility index (Phi) is 4.52. The first-order chi connectivity index (χ1) is 10.5. The molecule has 2 heterocycles. The molecule has 2 saturated heterocycles. The van der Waals surface area contributed by atoms with E-state index in [0.29, 0.717) is 15.6 Å². The first kappa shape index (κ1) is 15.9. The highest BCUT2D eigenvalue weighted by Gasteiger charge is 2.40. The van der Waals surface area contributed by atoms with E-state index >= 15 is 0 Å². The lowest BCUT2D eigenvalue weighted by Gasteiger charge is -2.40. The molecule has 0 radical (unpaired) electrons. The van der Waals surface area contributed by atoms with Crippen LogP contribution in [0.15, 0.2) is 12.1 Å². The Labute approximate surface area is 141 Å². The smallest absolute Gasteiger partial charge is 0.0992 e. The number of ether oxygens (including phenoxy) is 1. The second-order valence-corrected chi connectivity index (χ2v) is 6.98. The standard InChI is InChI=1S/C16H19Cl2N3O/c1-16(21-4-6-22-7-5-21)2-3-20(11-16)15-13(17)8-12(10-19)9-14(15)18/h8-9H,2-7,11H2,1H3. The summed E-state index contributed by atoms with van der Waals surface area (Å²) in [4.78, 5) is 4.74. The first-order valence-electron chi connectivity index (χ1n) is 7.50. The Hall–Kier alpha value is -0.990. The zero-order valence-electron chi connectivity index (χ0n) is 12.6. The molecular weight excluding hydrogens is 321 g/mol. The molecule has 0 saturated carbocycles. The molecule has 3 rings (SSSR count). The van der Waals surface area contributed by atoms with Crippen molar-refractivity contribution in [3.8, 4) is 6.07 Å². The van der Waals surface area contributed by atoms with Gasteiger partial charge in [0.2, 0.25) is 0 Å². The van der Waals surface area contributed by atoms with Crippen molar-refractivity contribution in [3.05, 3.63) is 27.7 Å². The van der Waals surface area contributed by atoms with Gasteiger partial charge in [-0.1, -0.05) is 23.2 Å². The van der Waals surface area contributed by atoms with E-state index in [1.807, 2.05) is 0 Å². The van der Waals surface area contributed by atoms with Crippen molar-refractivity contribution in [2.75, 3.05) is 44.3 Å².